The Morgan fingerprint density at radius 2 is 1.31 bits per heavy atom. The zero-order valence-corrected chi connectivity index (χ0v) is 42.9. The van der Waals surface area contributed by atoms with E-state index in [2.05, 4.69) is 25.2 Å². The van der Waals surface area contributed by atoms with Crippen molar-refractivity contribution in [1.82, 2.24) is 19.8 Å². The summed E-state index contributed by atoms with van der Waals surface area (Å²) in [6, 6.07) is 17.8. The maximum absolute atomic E-state index is 11.6. The fourth-order valence-electron chi connectivity index (χ4n) is 4.97. The van der Waals surface area contributed by atoms with Gasteiger partial charge in [-0.15, -0.1) is 0 Å². The fraction of sp³-hybridized carbons (Fsp3) is 0.486. The van der Waals surface area contributed by atoms with E-state index in [1.54, 1.807) is 18.2 Å². The van der Waals surface area contributed by atoms with E-state index in [0.717, 1.165) is 41.3 Å². The number of aldehydes is 1. The van der Waals surface area contributed by atoms with Crippen LogP contribution in [0.1, 0.15) is 57.8 Å². The molecule has 0 N–H and O–H groups in total. The average molecular weight is 928 g/mol. The van der Waals surface area contributed by atoms with Gasteiger partial charge in [0.1, 0.15) is 11.1 Å². The van der Waals surface area contributed by atoms with Gasteiger partial charge in [-0.1, -0.05) is 38.1 Å². The van der Waals surface area contributed by atoms with Gasteiger partial charge in [0.2, 0.25) is 0 Å². The number of aromatic carboxylic acids is 1. The number of carbonyl (C=O) groups is 2. The number of aromatic nitrogens is 2. The smallest absolute Gasteiger partial charge is 0.857 e. The summed E-state index contributed by atoms with van der Waals surface area (Å²) in [7, 11) is -5.34. The Labute approximate surface area is 425 Å². The number of thiocyanates is 1. The molecule has 1 aliphatic rings. The van der Waals surface area contributed by atoms with Gasteiger partial charge in [-0.05, 0) is 53.7 Å². The van der Waals surface area contributed by atoms with Crippen LogP contribution in [0.15, 0.2) is 65.6 Å². The number of alkyl halides is 3. The van der Waals surface area contributed by atoms with Crippen molar-refractivity contribution in [3.8, 4) is 5.40 Å². The number of halogens is 3. The van der Waals surface area contributed by atoms with Gasteiger partial charge >= 0.3 is 94.2 Å². The summed E-state index contributed by atoms with van der Waals surface area (Å²) in [6.45, 7) is 10.2. The molecule has 0 saturated carbocycles. The molecule has 4 rings (SSSR count). The fourth-order valence-corrected chi connectivity index (χ4v) is 5.35. The molecule has 0 bridgehead atoms. The predicted octanol–water partition coefficient (Wildman–Crippen LogP) is -6.73. The van der Waals surface area contributed by atoms with Crippen LogP contribution in [-0.4, -0.2) is 137 Å². The molecule has 1 aromatic carbocycles. The SMILES string of the molecule is CC.C[O-].N#CSc1ccc(C(c2cccc(C=O)n2)N2CCOCCOCCN(Cc3cccc(C(=O)[O-])n3)CCOCCOCC2)cc1.O=S(=O)([O-])C(F)(F)F.[Na+].[Na+].[Na+]. The quantitative estimate of drug-likeness (QED) is 0.0511. The molecule has 0 spiro atoms. The van der Waals surface area contributed by atoms with E-state index in [9.17, 15) is 27.9 Å². The molecule has 1 unspecified atom stereocenters. The van der Waals surface area contributed by atoms with Crippen molar-refractivity contribution in [1.29, 1.82) is 5.26 Å². The van der Waals surface area contributed by atoms with Gasteiger partial charge in [0.25, 0.3) is 0 Å². The number of pyridine rings is 2. The second-order valence-corrected chi connectivity index (χ2v) is 13.5. The third-order valence-corrected chi connectivity index (χ3v) is 8.66. The predicted molar refractivity (Wildman–Crippen MR) is 201 cm³/mol. The number of hydrogen-bond acceptors (Lipinski definition) is 17. The Morgan fingerprint density at radius 3 is 1.75 bits per heavy atom. The van der Waals surface area contributed by atoms with Gasteiger partial charge in [0.15, 0.2) is 16.4 Å². The summed E-state index contributed by atoms with van der Waals surface area (Å²) in [5.74, 6) is -1.31. The van der Waals surface area contributed by atoms with Crippen LogP contribution in [0.25, 0.3) is 0 Å². The molecular weight excluding hydrogens is 881 g/mol. The van der Waals surface area contributed by atoms with Crippen molar-refractivity contribution in [3.63, 3.8) is 0 Å². The number of rotatable bonds is 8. The number of nitrogens with zero attached hydrogens (tertiary/aromatic N) is 5. The summed E-state index contributed by atoms with van der Waals surface area (Å²) in [6.07, 6.45) is 0.739. The van der Waals surface area contributed by atoms with Crippen LogP contribution in [-0.2, 0) is 35.6 Å². The van der Waals surface area contributed by atoms with Gasteiger partial charge in [0, 0.05) is 37.6 Å². The molecule has 1 fully saturated rings. The molecule has 2 aromatic heterocycles. The number of benzene rings is 1. The second kappa shape index (κ2) is 37.2. The second-order valence-electron chi connectivity index (χ2n) is 11.2. The van der Waals surface area contributed by atoms with Crippen molar-refractivity contribution in [2.24, 2.45) is 0 Å². The normalized spacial score (nSPS) is 15.3. The van der Waals surface area contributed by atoms with Crippen molar-refractivity contribution in [2.45, 2.75) is 36.8 Å². The van der Waals surface area contributed by atoms with Crippen LogP contribution in [0.4, 0.5) is 13.2 Å². The van der Waals surface area contributed by atoms with Crippen LogP contribution in [0.2, 0.25) is 0 Å². The van der Waals surface area contributed by atoms with Crippen LogP contribution >= 0.6 is 11.8 Å². The summed E-state index contributed by atoms with van der Waals surface area (Å²) in [5, 5.41) is 30.6. The number of carboxylic acids is 1. The third-order valence-electron chi connectivity index (χ3n) is 7.50. The van der Waals surface area contributed by atoms with E-state index in [-0.39, 0.29) is 100 Å². The molecule has 1 saturated heterocycles. The first kappa shape index (κ1) is 64.2. The van der Waals surface area contributed by atoms with Gasteiger partial charge in [-0.3, -0.25) is 19.6 Å². The first-order valence-corrected chi connectivity index (χ1v) is 20.0. The van der Waals surface area contributed by atoms with E-state index < -0.39 is 21.6 Å². The van der Waals surface area contributed by atoms with E-state index in [1.165, 1.54) is 6.07 Å². The number of hydrogen-bond donors (Lipinski definition) is 0. The number of carboxylic acid groups (broad SMARTS) is 1. The van der Waals surface area contributed by atoms with E-state index >= 15 is 0 Å². The van der Waals surface area contributed by atoms with E-state index in [4.69, 9.17) is 42.3 Å². The minimum atomic E-state index is -6.09. The minimum Gasteiger partial charge on any atom is -0.857 e. The molecule has 61 heavy (non-hydrogen) atoms. The first-order chi connectivity index (χ1) is 27.8. The topological polar surface area (TPSA) is 230 Å². The van der Waals surface area contributed by atoms with Crippen LogP contribution in [0.3, 0.4) is 0 Å². The maximum Gasteiger partial charge on any atom is 1.00 e. The first-order valence-electron chi connectivity index (χ1n) is 17.8. The Morgan fingerprint density at radius 1 is 0.836 bits per heavy atom. The summed E-state index contributed by atoms with van der Waals surface area (Å²) in [4.78, 5) is 36.7. The Hall–Kier alpha value is -1.08. The van der Waals surface area contributed by atoms with Crippen molar-refractivity contribution < 1.29 is 154 Å². The van der Waals surface area contributed by atoms with Crippen LogP contribution in [0.5, 0.6) is 0 Å². The zero-order chi connectivity index (χ0) is 43.4. The molecule has 16 nitrogen and oxygen atoms in total. The Bertz CT molecular complexity index is 1770. The van der Waals surface area contributed by atoms with Crippen molar-refractivity contribution >= 4 is 34.1 Å². The number of nitriles is 1. The molecule has 322 valence electrons. The van der Waals surface area contributed by atoms with Crippen molar-refractivity contribution in [3.05, 3.63) is 89.0 Å². The third kappa shape index (κ3) is 26.5. The van der Waals surface area contributed by atoms with Crippen LogP contribution in [0, 0.1) is 10.7 Å². The zero-order valence-electron chi connectivity index (χ0n) is 35.3. The van der Waals surface area contributed by atoms with Gasteiger partial charge in [-0.2, -0.15) is 25.5 Å². The number of carbonyl (C=O) groups excluding carboxylic acids is 2. The molecule has 3 heterocycles. The largest absolute Gasteiger partial charge is 1.00 e. The standard InChI is InChI=1S/C33H39N5O7S.C2H6.CHF3O3S.CH3O.3Na/c34-25-46-29-9-7-26(8-10-29)32(30-5-2-4-28(24-39)36-30)38-13-17-44-21-19-42-15-11-37(12-16-43-20-22-45-18-14-38)23-27-3-1-6-31(35-27)33(40)41;1-2;2-1(3,4)8(5,6)7;1-2;;;/h1-10,24,32H,11-23H2,(H,40,41);1-2H3;(H,5,6,7);1H3;;;/q;;;-1;3*+1/p-2. The molecular formula is C37H47F3N5Na3O11S2. The molecule has 24 heteroatoms. The molecule has 1 aliphatic heterocycles. The molecule has 0 amide bonds. The van der Waals surface area contributed by atoms with Gasteiger partial charge in [-0.25, -0.2) is 13.4 Å². The Balaban J connectivity index is -0.00000199. The molecule has 0 aliphatic carbocycles. The van der Waals surface area contributed by atoms with Crippen LogP contribution < -0.4 is 98.9 Å². The summed E-state index contributed by atoms with van der Waals surface area (Å²) >= 11 is 1.10. The Kier molecular flexibility index (Phi) is 39.1. The maximum atomic E-state index is 11.6. The summed E-state index contributed by atoms with van der Waals surface area (Å²) < 4.78 is 82.5. The minimum absolute atomic E-state index is 0. The molecule has 0 radical (unpaired) electrons. The molecule has 1 atom stereocenters. The van der Waals surface area contributed by atoms with Gasteiger partial charge in [0.05, 0.1) is 81.9 Å². The monoisotopic (exact) mass is 927 g/mol. The average Bonchev–Trinajstić information content (AvgIpc) is 3.21. The molecule has 3 aromatic rings. The van der Waals surface area contributed by atoms with Crippen molar-refractivity contribution in [2.75, 3.05) is 86.1 Å². The van der Waals surface area contributed by atoms with E-state index in [0.29, 0.717) is 97.0 Å². The number of ether oxygens (including phenoxy) is 4. The summed E-state index contributed by atoms with van der Waals surface area (Å²) in [5.41, 5.74) is -3.06. The van der Waals surface area contributed by atoms with E-state index in [1.807, 2.05) is 50.2 Å². The number of thioether (sulfide) groups is 1. The van der Waals surface area contributed by atoms with Gasteiger partial charge < -0.3 is 38.5 Å².